The second-order valence-corrected chi connectivity index (χ2v) is 9.27. The van der Waals surface area contributed by atoms with Crippen LogP contribution in [-0.4, -0.2) is 33.7 Å². The summed E-state index contributed by atoms with van der Waals surface area (Å²) < 4.78 is 33.3. The second-order valence-electron chi connectivity index (χ2n) is 6.53. The molecule has 6 nitrogen and oxygen atoms in total. The number of rotatable bonds is 9. The van der Waals surface area contributed by atoms with Crippen LogP contribution in [0.15, 0.2) is 88.7 Å². The zero-order valence-electron chi connectivity index (χ0n) is 17.3. The Morgan fingerprint density at radius 2 is 1.71 bits per heavy atom. The minimum Gasteiger partial charge on any atom is -0.494 e. The molecule has 1 amide bonds. The number of para-hydroxylation sites is 1. The highest BCUT2D eigenvalue weighted by Gasteiger charge is 2.27. The van der Waals surface area contributed by atoms with Gasteiger partial charge in [0, 0.05) is 10.6 Å². The van der Waals surface area contributed by atoms with Crippen molar-refractivity contribution in [3.05, 3.63) is 78.9 Å². The van der Waals surface area contributed by atoms with Gasteiger partial charge in [-0.2, -0.15) is 0 Å². The molecule has 3 rings (SSSR count). The van der Waals surface area contributed by atoms with Gasteiger partial charge < -0.3 is 10.1 Å². The lowest BCUT2D eigenvalue weighted by atomic mass is 10.3. The minimum absolute atomic E-state index is 0.0805. The van der Waals surface area contributed by atoms with Crippen LogP contribution in [0.3, 0.4) is 0 Å². The normalized spacial score (nSPS) is 11.0. The van der Waals surface area contributed by atoms with Gasteiger partial charge in [-0.1, -0.05) is 24.3 Å². The van der Waals surface area contributed by atoms with Gasteiger partial charge in [0.15, 0.2) is 0 Å². The monoisotopic (exact) mass is 456 g/mol. The van der Waals surface area contributed by atoms with E-state index in [-0.39, 0.29) is 11.4 Å². The molecule has 0 atom stereocenters. The van der Waals surface area contributed by atoms with Crippen molar-refractivity contribution in [1.82, 2.24) is 0 Å². The molecule has 0 radical (unpaired) electrons. The van der Waals surface area contributed by atoms with E-state index < -0.39 is 15.9 Å². The van der Waals surface area contributed by atoms with Crippen LogP contribution in [0, 0.1) is 0 Å². The third-order valence-electron chi connectivity index (χ3n) is 4.41. The Morgan fingerprint density at radius 1 is 1.00 bits per heavy atom. The predicted molar refractivity (Wildman–Crippen MR) is 125 cm³/mol. The van der Waals surface area contributed by atoms with Gasteiger partial charge in [0.1, 0.15) is 12.3 Å². The average Bonchev–Trinajstić information content (AvgIpc) is 2.78. The Bertz CT molecular complexity index is 1120. The number of carbonyl (C=O) groups is 1. The Labute approximate surface area is 187 Å². The maximum absolute atomic E-state index is 13.4. The van der Waals surface area contributed by atoms with Crippen LogP contribution in [0.5, 0.6) is 5.75 Å². The quantitative estimate of drug-likeness (QED) is 0.475. The highest BCUT2D eigenvalue weighted by atomic mass is 32.2. The first kappa shape index (κ1) is 22.7. The maximum atomic E-state index is 13.4. The van der Waals surface area contributed by atoms with E-state index in [0.717, 1.165) is 9.20 Å². The molecule has 31 heavy (non-hydrogen) atoms. The first-order valence-electron chi connectivity index (χ1n) is 9.68. The van der Waals surface area contributed by atoms with Crippen molar-refractivity contribution in [3.63, 3.8) is 0 Å². The molecule has 0 saturated heterocycles. The summed E-state index contributed by atoms with van der Waals surface area (Å²) in [7, 11) is -3.97. The van der Waals surface area contributed by atoms with E-state index in [1.165, 1.54) is 12.1 Å². The number of carbonyl (C=O) groups excluding carboxylic acids is 1. The molecule has 0 unspecified atom stereocenters. The van der Waals surface area contributed by atoms with Crippen molar-refractivity contribution in [2.75, 3.05) is 29.0 Å². The highest BCUT2D eigenvalue weighted by molar-refractivity contribution is 7.98. The van der Waals surface area contributed by atoms with Gasteiger partial charge in [0.2, 0.25) is 5.91 Å². The number of hydrogen-bond donors (Lipinski definition) is 1. The Balaban J connectivity index is 1.88. The number of thioether (sulfide) groups is 1. The molecule has 0 heterocycles. The lowest BCUT2D eigenvalue weighted by molar-refractivity contribution is -0.114. The fourth-order valence-electron chi connectivity index (χ4n) is 2.94. The molecule has 1 N–H and O–H groups in total. The molecule has 3 aromatic rings. The van der Waals surface area contributed by atoms with E-state index in [2.05, 4.69) is 5.32 Å². The summed E-state index contributed by atoms with van der Waals surface area (Å²) in [6.45, 7) is 1.98. The third kappa shape index (κ3) is 5.80. The molecule has 0 saturated carbocycles. The molecule has 0 aromatic heterocycles. The van der Waals surface area contributed by atoms with E-state index in [9.17, 15) is 13.2 Å². The first-order chi connectivity index (χ1) is 14.9. The highest BCUT2D eigenvalue weighted by Crippen LogP contribution is 2.25. The Kier molecular flexibility index (Phi) is 7.59. The molecular weight excluding hydrogens is 432 g/mol. The summed E-state index contributed by atoms with van der Waals surface area (Å²) >= 11 is 1.56. The lowest BCUT2D eigenvalue weighted by Gasteiger charge is -2.24. The summed E-state index contributed by atoms with van der Waals surface area (Å²) in [5, 5.41) is 2.79. The SMILES string of the molecule is CCOc1ccc(S(=O)(=O)N(CC(=O)Nc2cccc(SC)c2)c2ccccc2)cc1. The number of nitrogens with one attached hydrogen (secondary N) is 1. The lowest BCUT2D eigenvalue weighted by Crippen LogP contribution is -2.38. The number of benzene rings is 3. The van der Waals surface area contributed by atoms with Crippen molar-refractivity contribution in [2.24, 2.45) is 0 Å². The molecule has 0 spiro atoms. The van der Waals surface area contributed by atoms with Gasteiger partial charge in [0.25, 0.3) is 10.0 Å². The van der Waals surface area contributed by atoms with Gasteiger partial charge in [-0.05, 0) is 67.8 Å². The summed E-state index contributed by atoms with van der Waals surface area (Å²) in [6.07, 6.45) is 1.95. The van der Waals surface area contributed by atoms with Crippen molar-refractivity contribution >= 4 is 39.1 Å². The van der Waals surface area contributed by atoms with E-state index in [1.54, 1.807) is 60.3 Å². The topological polar surface area (TPSA) is 75.7 Å². The van der Waals surface area contributed by atoms with Crippen LogP contribution < -0.4 is 14.4 Å². The minimum atomic E-state index is -3.97. The van der Waals surface area contributed by atoms with Gasteiger partial charge in [-0.25, -0.2) is 8.42 Å². The van der Waals surface area contributed by atoms with Crippen LogP contribution in [0.25, 0.3) is 0 Å². The van der Waals surface area contributed by atoms with Gasteiger partial charge in [-0.15, -0.1) is 11.8 Å². The standard InChI is InChI=1S/C23H24N2O4S2/c1-3-29-20-12-14-22(15-13-20)31(27,28)25(19-9-5-4-6-10-19)17-23(26)24-18-8-7-11-21(16-18)30-2/h4-16H,3,17H2,1-2H3,(H,24,26). The van der Waals surface area contributed by atoms with Crippen molar-refractivity contribution in [2.45, 2.75) is 16.7 Å². The molecule has 0 aliphatic rings. The molecule has 0 fully saturated rings. The Hall–Kier alpha value is -2.97. The number of nitrogens with zero attached hydrogens (tertiary/aromatic N) is 1. The largest absolute Gasteiger partial charge is 0.494 e. The number of ether oxygens (including phenoxy) is 1. The summed E-state index contributed by atoms with van der Waals surface area (Å²) in [5.74, 6) is 0.149. The fraction of sp³-hybridized carbons (Fsp3) is 0.174. The number of anilines is 2. The Morgan fingerprint density at radius 3 is 2.35 bits per heavy atom. The molecule has 0 bridgehead atoms. The predicted octanol–water partition coefficient (Wildman–Crippen LogP) is 4.64. The van der Waals surface area contributed by atoms with Crippen LogP contribution in [0.1, 0.15) is 6.92 Å². The summed E-state index contributed by atoms with van der Waals surface area (Å²) in [4.78, 5) is 13.8. The van der Waals surface area contributed by atoms with Crippen LogP contribution >= 0.6 is 11.8 Å². The van der Waals surface area contributed by atoms with E-state index in [0.29, 0.717) is 23.7 Å². The first-order valence-corrected chi connectivity index (χ1v) is 12.3. The van der Waals surface area contributed by atoms with Crippen LogP contribution in [0.2, 0.25) is 0 Å². The zero-order chi connectivity index (χ0) is 22.3. The number of sulfonamides is 1. The molecular formula is C23H24N2O4S2. The molecule has 8 heteroatoms. The van der Waals surface area contributed by atoms with Crippen molar-refractivity contribution < 1.29 is 17.9 Å². The van der Waals surface area contributed by atoms with Crippen LogP contribution in [-0.2, 0) is 14.8 Å². The fourth-order valence-corrected chi connectivity index (χ4v) is 4.82. The third-order valence-corrected chi connectivity index (χ3v) is 6.92. The summed E-state index contributed by atoms with van der Waals surface area (Å²) in [6, 6.07) is 22.1. The van der Waals surface area contributed by atoms with E-state index in [4.69, 9.17) is 4.74 Å². The molecule has 162 valence electrons. The average molecular weight is 457 g/mol. The van der Waals surface area contributed by atoms with Gasteiger partial charge in [0.05, 0.1) is 17.2 Å². The smallest absolute Gasteiger partial charge is 0.264 e. The van der Waals surface area contributed by atoms with E-state index in [1.807, 2.05) is 31.4 Å². The number of amides is 1. The number of hydrogen-bond acceptors (Lipinski definition) is 5. The molecule has 3 aromatic carbocycles. The van der Waals surface area contributed by atoms with Gasteiger partial charge >= 0.3 is 0 Å². The van der Waals surface area contributed by atoms with Crippen LogP contribution in [0.4, 0.5) is 11.4 Å². The van der Waals surface area contributed by atoms with Crippen molar-refractivity contribution in [3.8, 4) is 5.75 Å². The summed E-state index contributed by atoms with van der Waals surface area (Å²) in [5.41, 5.74) is 1.02. The molecule has 0 aliphatic heterocycles. The van der Waals surface area contributed by atoms with Crippen molar-refractivity contribution in [1.29, 1.82) is 0 Å². The maximum Gasteiger partial charge on any atom is 0.264 e. The van der Waals surface area contributed by atoms with Gasteiger partial charge in [-0.3, -0.25) is 9.10 Å². The zero-order valence-corrected chi connectivity index (χ0v) is 18.9. The molecule has 0 aliphatic carbocycles. The van der Waals surface area contributed by atoms with E-state index >= 15 is 0 Å². The second kappa shape index (κ2) is 10.4.